The second-order valence-corrected chi connectivity index (χ2v) is 7.72. The highest BCUT2D eigenvalue weighted by molar-refractivity contribution is 7.09. The number of nitrogens with one attached hydrogen (secondary N) is 1. The van der Waals surface area contributed by atoms with E-state index in [1.165, 1.54) is 0 Å². The highest BCUT2D eigenvalue weighted by Gasteiger charge is 2.27. The number of piperidine rings is 1. The fourth-order valence-corrected chi connectivity index (χ4v) is 3.97. The number of nitrogens with zero attached hydrogens (tertiary/aromatic N) is 3. The third-order valence-corrected chi connectivity index (χ3v) is 5.81. The maximum absolute atomic E-state index is 12.6. The van der Waals surface area contributed by atoms with E-state index < -0.39 is 0 Å². The Labute approximate surface area is 157 Å². The summed E-state index contributed by atoms with van der Waals surface area (Å²) < 4.78 is 0. The van der Waals surface area contributed by atoms with Crippen LogP contribution in [0.1, 0.15) is 43.4 Å². The van der Waals surface area contributed by atoms with Crippen molar-refractivity contribution >= 4 is 34.7 Å². The molecule has 0 aromatic carbocycles. The topological polar surface area (TPSA) is 58.1 Å². The highest BCUT2D eigenvalue weighted by atomic mass is 35.5. The average Bonchev–Trinajstić information content (AvgIpc) is 3.12. The third-order valence-electron chi connectivity index (χ3n) is 4.58. The third kappa shape index (κ3) is 4.50. The Morgan fingerprint density at radius 1 is 1.44 bits per heavy atom. The molecule has 0 bridgehead atoms. The van der Waals surface area contributed by atoms with Gasteiger partial charge in [0.05, 0.1) is 21.8 Å². The van der Waals surface area contributed by atoms with Gasteiger partial charge in [-0.1, -0.05) is 18.5 Å². The molecule has 0 spiro atoms. The van der Waals surface area contributed by atoms with Crippen LogP contribution < -0.4 is 10.2 Å². The van der Waals surface area contributed by atoms with Crippen LogP contribution in [0.2, 0.25) is 5.02 Å². The van der Waals surface area contributed by atoms with E-state index in [-0.39, 0.29) is 17.9 Å². The molecule has 0 saturated carbocycles. The predicted molar refractivity (Wildman–Crippen MR) is 102 cm³/mol. The molecule has 1 amide bonds. The van der Waals surface area contributed by atoms with Crippen molar-refractivity contribution in [2.45, 2.75) is 39.2 Å². The molecule has 1 aliphatic heterocycles. The fraction of sp³-hybridized carbons (Fsp3) is 0.500. The maximum atomic E-state index is 12.6. The van der Waals surface area contributed by atoms with Crippen molar-refractivity contribution in [1.29, 1.82) is 0 Å². The Kier molecular flexibility index (Phi) is 5.91. The van der Waals surface area contributed by atoms with Gasteiger partial charge in [-0.15, -0.1) is 11.3 Å². The number of aromatic nitrogens is 2. The normalized spacial score (nSPS) is 16.7. The number of amides is 1. The Hall–Kier alpha value is -1.66. The number of anilines is 1. The molecule has 0 radical (unpaired) electrons. The lowest BCUT2D eigenvalue weighted by Crippen LogP contribution is -2.41. The van der Waals surface area contributed by atoms with Gasteiger partial charge in [-0.2, -0.15) is 0 Å². The minimum Gasteiger partial charge on any atom is -0.357 e. The lowest BCUT2D eigenvalue weighted by molar-refractivity contribution is -0.126. The van der Waals surface area contributed by atoms with Crippen molar-refractivity contribution in [3.8, 4) is 0 Å². The maximum Gasteiger partial charge on any atom is 0.223 e. The molecule has 2 aromatic heterocycles. The summed E-state index contributed by atoms with van der Waals surface area (Å²) in [6.45, 7) is 5.75. The number of halogens is 1. The summed E-state index contributed by atoms with van der Waals surface area (Å²) in [4.78, 5) is 23.7. The number of thiazole rings is 1. The van der Waals surface area contributed by atoms with E-state index >= 15 is 0 Å². The lowest BCUT2D eigenvalue weighted by Gasteiger charge is -2.32. The first-order valence-corrected chi connectivity index (χ1v) is 9.93. The number of hydrogen-bond donors (Lipinski definition) is 1. The summed E-state index contributed by atoms with van der Waals surface area (Å²) in [5.74, 6) is 1.10. The van der Waals surface area contributed by atoms with Crippen LogP contribution in [0.5, 0.6) is 0 Å². The summed E-state index contributed by atoms with van der Waals surface area (Å²) in [5.41, 5.74) is 0.956. The molecule has 7 heteroatoms. The van der Waals surface area contributed by atoms with Gasteiger partial charge in [-0.25, -0.2) is 9.97 Å². The monoisotopic (exact) mass is 378 g/mol. The Balaban J connectivity index is 1.51. The van der Waals surface area contributed by atoms with Crippen LogP contribution >= 0.6 is 22.9 Å². The molecule has 2 aromatic rings. The van der Waals surface area contributed by atoms with Crippen LogP contribution in [-0.4, -0.2) is 29.0 Å². The zero-order valence-corrected chi connectivity index (χ0v) is 16.1. The molecule has 1 saturated heterocycles. The van der Waals surface area contributed by atoms with E-state index in [0.717, 1.165) is 48.9 Å². The molecular formula is C18H23ClN4OS. The highest BCUT2D eigenvalue weighted by Crippen LogP contribution is 2.24. The van der Waals surface area contributed by atoms with E-state index in [9.17, 15) is 4.79 Å². The zero-order chi connectivity index (χ0) is 17.8. The van der Waals surface area contributed by atoms with Crippen molar-refractivity contribution in [2.75, 3.05) is 18.0 Å². The van der Waals surface area contributed by atoms with Crippen LogP contribution in [0, 0.1) is 5.92 Å². The standard InChI is InChI=1S/C18H23ClN4OS/c1-3-17-22-15(11-25-17)12(2)21-18(24)13-6-8-23(9-7-13)16-5-4-14(19)10-20-16/h4-5,10-13H,3,6-9H2,1-2H3,(H,21,24). The molecule has 25 heavy (non-hydrogen) atoms. The Morgan fingerprint density at radius 2 is 2.20 bits per heavy atom. The molecule has 5 nitrogen and oxygen atoms in total. The van der Waals surface area contributed by atoms with E-state index in [4.69, 9.17) is 11.6 Å². The van der Waals surface area contributed by atoms with Gasteiger partial charge in [0, 0.05) is 30.6 Å². The van der Waals surface area contributed by atoms with Gasteiger partial charge < -0.3 is 10.2 Å². The lowest BCUT2D eigenvalue weighted by atomic mass is 9.95. The number of carbonyl (C=O) groups is 1. The van der Waals surface area contributed by atoms with Crippen molar-refractivity contribution in [3.63, 3.8) is 0 Å². The molecule has 1 unspecified atom stereocenters. The minimum absolute atomic E-state index is 0.0417. The molecule has 0 aliphatic carbocycles. The molecular weight excluding hydrogens is 356 g/mol. The quantitative estimate of drug-likeness (QED) is 0.858. The van der Waals surface area contributed by atoms with Gasteiger partial charge >= 0.3 is 0 Å². The van der Waals surface area contributed by atoms with Crippen molar-refractivity contribution in [3.05, 3.63) is 39.4 Å². The molecule has 134 valence electrons. The first kappa shape index (κ1) is 18.1. The van der Waals surface area contributed by atoms with Gasteiger partial charge in [-0.3, -0.25) is 4.79 Å². The van der Waals surface area contributed by atoms with Gasteiger partial charge in [-0.05, 0) is 38.3 Å². The molecule has 3 rings (SSSR count). The summed E-state index contributed by atoms with van der Waals surface area (Å²) in [6.07, 6.45) is 4.26. The van der Waals surface area contributed by atoms with Crippen LogP contribution in [0.3, 0.4) is 0 Å². The van der Waals surface area contributed by atoms with Gasteiger partial charge in [0.1, 0.15) is 5.82 Å². The van der Waals surface area contributed by atoms with E-state index in [2.05, 4.69) is 27.1 Å². The van der Waals surface area contributed by atoms with Crippen LogP contribution in [0.15, 0.2) is 23.7 Å². The first-order valence-electron chi connectivity index (χ1n) is 8.68. The number of carbonyl (C=O) groups excluding carboxylic acids is 1. The number of aryl methyl sites for hydroxylation is 1. The molecule has 1 atom stereocenters. The summed E-state index contributed by atoms with van der Waals surface area (Å²) in [6, 6.07) is 3.74. The molecule has 1 aliphatic rings. The van der Waals surface area contributed by atoms with Crippen molar-refractivity contribution < 1.29 is 4.79 Å². The molecule has 3 heterocycles. The predicted octanol–water partition coefficient (Wildman–Crippen LogP) is 3.85. The van der Waals surface area contributed by atoms with E-state index in [1.807, 2.05) is 24.4 Å². The SMILES string of the molecule is CCc1nc(C(C)NC(=O)C2CCN(c3ccc(Cl)cn3)CC2)cs1. The molecule has 1 N–H and O–H groups in total. The first-order chi connectivity index (χ1) is 12.1. The van der Waals surface area contributed by atoms with Crippen LogP contribution in [-0.2, 0) is 11.2 Å². The summed E-state index contributed by atoms with van der Waals surface area (Å²) in [7, 11) is 0. The summed E-state index contributed by atoms with van der Waals surface area (Å²) >= 11 is 7.54. The van der Waals surface area contributed by atoms with Gasteiger partial charge in [0.25, 0.3) is 0 Å². The minimum atomic E-state index is -0.0417. The summed E-state index contributed by atoms with van der Waals surface area (Å²) in [5, 5.41) is 6.91. The van der Waals surface area contributed by atoms with Crippen molar-refractivity contribution in [2.24, 2.45) is 5.92 Å². The largest absolute Gasteiger partial charge is 0.357 e. The van der Waals surface area contributed by atoms with Crippen LogP contribution in [0.25, 0.3) is 0 Å². The second kappa shape index (κ2) is 8.15. The fourth-order valence-electron chi connectivity index (χ4n) is 3.02. The Bertz CT molecular complexity index is 710. The van der Waals surface area contributed by atoms with E-state index in [1.54, 1.807) is 17.5 Å². The smallest absolute Gasteiger partial charge is 0.223 e. The average molecular weight is 379 g/mol. The van der Waals surface area contributed by atoms with Crippen LogP contribution in [0.4, 0.5) is 5.82 Å². The number of hydrogen-bond acceptors (Lipinski definition) is 5. The number of rotatable bonds is 5. The van der Waals surface area contributed by atoms with Gasteiger partial charge in [0.2, 0.25) is 5.91 Å². The van der Waals surface area contributed by atoms with Gasteiger partial charge in [0.15, 0.2) is 0 Å². The molecule has 1 fully saturated rings. The second-order valence-electron chi connectivity index (χ2n) is 6.35. The van der Waals surface area contributed by atoms with Crippen molar-refractivity contribution in [1.82, 2.24) is 15.3 Å². The zero-order valence-electron chi connectivity index (χ0n) is 14.5. The Morgan fingerprint density at radius 3 is 2.80 bits per heavy atom. The number of pyridine rings is 1. The van der Waals surface area contributed by atoms with E-state index in [0.29, 0.717) is 5.02 Å².